The Morgan fingerprint density at radius 3 is 2.71 bits per heavy atom. The van der Waals surface area contributed by atoms with E-state index in [1.807, 2.05) is 13.8 Å². The van der Waals surface area contributed by atoms with Gasteiger partial charge < -0.3 is 14.9 Å². The van der Waals surface area contributed by atoms with Crippen molar-refractivity contribution in [2.75, 3.05) is 0 Å². The normalized spacial score (nSPS) is 24.9. The number of ether oxygens (including phenoxy) is 1. The summed E-state index contributed by atoms with van der Waals surface area (Å²) in [6, 6.07) is 0. The summed E-state index contributed by atoms with van der Waals surface area (Å²) in [5, 5.41) is 18.0. The van der Waals surface area contributed by atoms with Crippen molar-refractivity contribution in [1.82, 2.24) is 0 Å². The first-order chi connectivity index (χ1) is 6.46. The third-order valence-corrected chi connectivity index (χ3v) is 2.25. The Balaban J connectivity index is 2.87. The topological polar surface area (TPSA) is 49.7 Å². The molecule has 1 saturated heterocycles. The summed E-state index contributed by atoms with van der Waals surface area (Å²) in [7, 11) is 0. The summed E-state index contributed by atoms with van der Waals surface area (Å²) < 4.78 is 5.53. The quantitative estimate of drug-likeness (QED) is 0.634. The van der Waals surface area contributed by atoms with Gasteiger partial charge in [-0.3, -0.25) is 0 Å². The van der Waals surface area contributed by atoms with Crippen LogP contribution >= 0.6 is 0 Å². The van der Waals surface area contributed by atoms with Gasteiger partial charge in [0.1, 0.15) is 17.1 Å². The molecule has 1 rings (SSSR count). The Labute approximate surface area is 84.0 Å². The summed E-state index contributed by atoms with van der Waals surface area (Å²) in [6.07, 6.45) is 3.56. The van der Waals surface area contributed by atoms with Crippen molar-refractivity contribution >= 4 is 0 Å². The molecule has 0 radical (unpaired) electrons. The highest BCUT2D eigenvalue weighted by Gasteiger charge is 2.28. The smallest absolute Gasteiger partial charge is 0.125 e. The van der Waals surface area contributed by atoms with Crippen LogP contribution in [0.25, 0.3) is 0 Å². The number of rotatable bonds is 1. The van der Waals surface area contributed by atoms with Gasteiger partial charge in [-0.05, 0) is 26.7 Å². The van der Waals surface area contributed by atoms with Gasteiger partial charge in [-0.25, -0.2) is 0 Å². The Morgan fingerprint density at radius 2 is 2.21 bits per heavy atom. The molecule has 0 amide bonds. The lowest BCUT2D eigenvalue weighted by Gasteiger charge is -2.33. The maximum absolute atomic E-state index is 9.51. The van der Waals surface area contributed by atoms with Crippen LogP contribution in [0.15, 0.2) is 36.0 Å². The lowest BCUT2D eigenvalue weighted by molar-refractivity contribution is 0.0151. The van der Waals surface area contributed by atoms with Gasteiger partial charge in [0, 0.05) is 11.6 Å². The molecule has 0 aromatic carbocycles. The van der Waals surface area contributed by atoms with Crippen molar-refractivity contribution in [3.05, 3.63) is 36.0 Å². The van der Waals surface area contributed by atoms with Gasteiger partial charge in [0.15, 0.2) is 0 Å². The van der Waals surface area contributed by atoms with Gasteiger partial charge in [0.2, 0.25) is 0 Å². The van der Waals surface area contributed by atoms with Gasteiger partial charge in [0.05, 0.1) is 6.26 Å². The van der Waals surface area contributed by atoms with Crippen molar-refractivity contribution in [3.8, 4) is 0 Å². The van der Waals surface area contributed by atoms with Crippen LogP contribution in [0.3, 0.4) is 0 Å². The zero-order chi connectivity index (χ0) is 10.8. The van der Waals surface area contributed by atoms with E-state index in [0.717, 1.165) is 12.7 Å². The Morgan fingerprint density at radius 1 is 1.57 bits per heavy atom. The SMILES string of the molecule is C=C1OC(C)(C)CC/C1=C(O)/C=C/O. The largest absolute Gasteiger partial charge is 0.515 e. The summed E-state index contributed by atoms with van der Waals surface area (Å²) in [5.74, 6) is 0.504. The predicted octanol–water partition coefficient (Wildman–Crippen LogP) is 2.97. The highest BCUT2D eigenvalue weighted by Crippen LogP contribution is 2.34. The first kappa shape index (κ1) is 10.7. The molecule has 0 unspecified atom stereocenters. The number of allylic oxidation sites excluding steroid dienone is 2. The van der Waals surface area contributed by atoms with Crippen LogP contribution in [-0.2, 0) is 4.74 Å². The molecule has 0 aliphatic carbocycles. The van der Waals surface area contributed by atoms with E-state index >= 15 is 0 Å². The van der Waals surface area contributed by atoms with Crippen molar-refractivity contribution < 1.29 is 14.9 Å². The average molecular weight is 196 g/mol. The first-order valence-corrected chi connectivity index (χ1v) is 4.57. The molecular formula is C11H16O3. The molecule has 3 nitrogen and oxygen atoms in total. The molecule has 2 N–H and O–H groups in total. The molecule has 1 aliphatic heterocycles. The van der Waals surface area contributed by atoms with Crippen LogP contribution in [0.5, 0.6) is 0 Å². The number of hydrogen-bond acceptors (Lipinski definition) is 3. The predicted molar refractivity (Wildman–Crippen MR) is 55.0 cm³/mol. The minimum absolute atomic E-state index is 0.0213. The van der Waals surface area contributed by atoms with Gasteiger partial charge in [-0.15, -0.1) is 0 Å². The Bertz CT molecular complexity index is 298. The molecule has 14 heavy (non-hydrogen) atoms. The molecule has 0 spiro atoms. The minimum atomic E-state index is -0.218. The molecule has 3 heteroatoms. The van der Waals surface area contributed by atoms with E-state index in [4.69, 9.17) is 9.84 Å². The van der Waals surface area contributed by atoms with Crippen LogP contribution in [0.4, 0.5) is 0 Å². The van der Waals surface area contributed by atoms with E-state index in [1.54, 1.807) is 0 Å². The van der Waals surface area contributed by atoms with Crippen molar-refractivity contribution in [2.24, 2.45) is 0 Å². The van der Waals surface area contributed by atoms with E-state index < -0.39 is 0 Å². The third kappa shape index (κ3) is 2.31. The van der Waals surface area contributed by atoms with Gasteiger partial charge >= 0.3 is 0 Å². The summed E-state index contributed by atoms with van der Waals surface area (Å²) in [5.41, 5.74) is 0.443. The Hall–Kier alpha value is -1.38. The monoisotopic (exact) mass is 196 g/mol. The Kier molecular flexibility index (Phi) is 2.89. The lowest BCUT2D eigenvalue weighted by Crippen LogP contribution is -2.28. The van der Waals surface area contributed by atoms with Gasteiger partial charge in [-0.1, -0.05) is 6.58 Å². The highest BCUT2D eigenvalue weighted by atomic mass is 16.5. The number of hydrogen-bond donors (Lipinski definition) is 2. The third-order valence-electron chi connectivity index (χ3n) is 2.25. The maximum atomic E-state index is 9.51. The molecule has 1 aliphatic rings. The summed E-state index contributed by atoms with van der Waals surface area (Å²) in [6.45, 7) is 7.70. The van der Waals surface area contributed by atoms with Crippen LogP contribution < -0.4 is 0 Å². The molecule has 0 aromatic rings. The van der Waals surface area contributed by atoms with Crippen molar-refractivity contribution in [3.63, 3.8) is 0 Å². The van der Waals surface area contributed by atoms with Crippen LogP contribution in [0.2, 0.25) is 0 Å². The van der Waals surface area contributed by atoms with Crippen LogP contribution in [0.1, 0.15) is 26.7 Å². The number of aliphatic hydroxyl groups excluding tert-OH is 2. The fraction of sp³-hybridized carbons (Fsp3) is 0.455. The molecule has 0 bridgehead atoms. The molecule has 0 aromatic heterocycles. The fourth-order valence-corrected chi connectivity index (χ4v) is 1.45. The minimum Gasteiger partial charge on any atom is -0.515 e. The molecule has 0 atom stereocenters. The van der Waals surface area contributed by atoms with E-state index in [-0.39, 0.29) is 11.4 Å². The van der Waals surface area contributed by atoms with Gasteiger partial charge in [0.25, 0.3) is 0 Å². The van der Waals surface area contributed by atoms with Crippen molar-refractivity contribution in [2.45, 2.75) is 32.3 Å². The van der Waals surface area contributed by atoms with Gasteiger partial charge in [-0.2, -0.15) is 0 Å². The maximum Gasteiger partial charge on any atom is 0.125 e. The first-order valence-electron chi connectivity index (χ1n) is 4.57. The van der Waals surface area contributed by atoms with E-state index in [0.29, 0.717) is 17.8 Å². The molecule has 1 fully saturated rings. The molecule has 78 valence electrons. The number of aliphatic hydroxyl groups is 2. The second-order valence-electron chi connectivity index (χ2n) is 3.96. The highest BCUT2D eigenvalue weighted by molar-refractivity contribution is 5.33. The average Bonchev–Trinajstić information content (AvgIpc) is 2.02. The van der Waals surface area contributed by atoms with Crippen molar-refractivity contribution in [1.29, 1.82) is 0 Å². The summed E-state index contributed by atoms with van der Waals surface area (Å²) >= 11 is 0. The fourth-order valence-electron chi connectivity index (χ4n) is 1.45. The van der Waals surface area contributed by atoms with E-state index in [1.165, 1.54) is 6.08 Å². The van der Waals surface area contributed by atoms with Crippen LogP contribution in [0, 0.1) is 0 Å². The molecule has 1 heterocycles. The zero-order valence-electron chi connectivity index (χ0n) is 8.58. The second-order valence-corrected chi connectivity index (χ2v) is 3.96. The standard InChI is InChI=1S/C11H16O3/c1-8-9(10(13)5-7-12)4-6-11(2,3)14-8/h5,7,12-13H,1,4,6H2,2-3H3/b7-5+,10-9+. The second kappa shape index (κ2) is 3.78. The van der Waals surface area contributed by atoms with E-state index in [9.17, 15) is 5.11 Å². The zero-order valence-corrected chi connectivity index (χ0v) is 8.58. The van der Waals surface area contributed by atoms with E-state index in [2.05, 4.69) is 6.58 Å². The van der Waals surface area contributed by atoms with Crippen LogP contribution in [-0.4, -0.2) is 15.8 Å². The molecule has 0 saturated carbocycles. The summed E-state index contributed by atoms with van der Waals surface area (Å²) in [4.78, 5) is 0. The molecular weight excluding hydrogens is 180 g/mol. The lowest BCUT2D eigenvalue weighted by atomic mass is 9.93.